The predicted octanol–water partition coefficient (Wildman–Crippen LogP) is 4.68. The van der Waals surface area contributed by atoms with E-state index in [1.54, 1.807) is 24.3 Å². The van der Waals surface area contributed by atoms with Gasteiger partial charge in [-0.2, -0.15) is 0 Å². The fourth-order valence-corrected chi connectivity index (χ4v) is 3.37. The van der Waals surface area contributed by atoms with Crippen LogP contribution in [-0.4, -0.2) is 16.9 Å². The van der Waals surface area contributed by atoms with Crippen molar-refractivity contribution in [2.75, 3.05) is 5.48 Å². The molecule has 0 aromatic heterocycles. The van der Waals surface area contributed by atoms with Gasteiger partial charge in [-0.25, -0.2) is 4.79 Å². The van der Waals surface area contributed by atoms with Crippen molar-refractivity contribution in [3.05, 3.63) is 94.7 Å². The van der Waals surface area contributed by atoms with E-state index in [-0.39, 0.29) is 22.4 Å². The van der Waals surface area contributed by atoms with Gasteiger partial charge in [0, 0.05) is 26.6 Å². The molecule has 0 aliphatic carbocycles. The minimum atomic E-state index is -1.17. The van der Waals surface area contributed by atoms with E-state index >= 15 is 0 Å². The minimum Gasteiger partial charge on any atom is -0.761 e. The molecule has 3 aromatic rings. The highest BCUT2D eigenvalue weighted by Crippen LogP contribution is 2.34. The summed E-state index contributed by atoms with van der Waals surface area (Å²) in [5, 5.41) is 20.6. The number of rotatable bonds is 6. The molecule has 3 aromatic carbocycles. The van der Waals surface area contributed by atoms with Gasteiger partial charge in [0.2, 0.25) is 0 Å². The molecule has 0 radical (unpaired) electrons. The van der Waals surface area contributed by atoms with Gasteiger partial charge in [0.05, 0.1) is 5.56 Å². The summed E-state index contributed by atoms with van der Waals surface area (Å²) in [6.45, 7) is 0. The summed E-state index contributed by atoms with van der Waals surface area (Å²) in [6.07, 6.45) is 0. The lowest BCUT2D eigenvalue weighted by Gasteiger charge is -2.16. The van der Waals surface area contributed by atoms with E-state index in [0.717, 1.165) is 4.90 Å². The number of nitrogens with one attached hydrogen (secondary N) is 1. The van der Waals surface area contributed by atoms with Crippen molar-refractivity contribution in [3.8, 4) is 0 Å². The Morgan fingerprint density at radius 3 is 2.19 bits per heavy atom. The number of aromatic carboxylic acids is 1. The lowest BCUT2D eigenvalue weighted by molar-refractivity contribution is 0.0693. The Kier molecular flexibility index (Phi) is 5.36. The third-order valence-corrected chi connectivity index (χ3v) is 4.81. The SMILES string of the molecule is O=C(O)c1ccccc1C(=O)c1ccc(Sc2ccccc2)c(N[O-])c1. The average molecular weight is 364 g/mol. The van der Waals surface area contributed by atoms with Crippen molar-refractivity contribution in [2.45, 2.75) is 9.79 Å². The number of ketones is 1. The average Bonchev–Trinajstić information content (AvgIpc) is 2.68. The highest BCUT2D eigenvalue weighted by molar-refractivity contribution is 7.99. The van der Waals surface area contributed by atoms with Gasteiger partial charge in [-0.05, 0) is 36.4 Å². The molecule has 0 atom stereocenters. The maximum atomic E-state index is 12.7. The van der Waals surface area contributed by atoms with Crippen LogP contribution in [0.25, 0.3) is 0 Å². The molecule has 6 heteroatoms. The van der Waals surface area contributed by atoms with Gasteiger partial charge in [0.1, 0.15) is 0 Å². The van der Waals surface area contributed by atoms with Crippen molar-refractivity contribution >= 4 is 29.2 Å². The number of hydrogen-bond acceptors (Lipinski definition) is 5. The third kappa shape index (κ3) is 3.77. The molecule has 0 saturated carbocycles. The van der Waals surface area contributed by atoms with Crippen LogP contribution >= 0.6 is 11.8 Å². The number of carboxylic acid groups (broad SMARTS) is 1. The van der Waals surface area contributed by atoms with Crippen LogP contribution in [0.5, 0.6) is 0 Å². The second kappa shape index (κ2) is 7.86. The van der Waals surface area contributed by atoms with E-state index in [1.165, 1.54) is 30.0 Å². The number of carbonyl (C=O) groups is 2. The Morgan fingerprint density at radius 2 is 1.54 bits per heavy atom. The molecule has 0 aliphatic heterocycles. The number of benzene rings is 3. The fourth-order valence-electron chi connectivity index (χ4n) is 2.48. The van der Waals surface area contributed by atoms with Crippen LogP contribution in [0, 0.1) is 5.21 Å². The Balaban J connectivity index is 1.95. The first-order valence-electron chi connectivity index (χ1n) is 7.72. The molecule has 2 N–H and O–H groups in total. The molecule has 0 unspecified atom stereocenters. The monoisotopic (exact) mass is 364 g/mol. The van der Waals surface area contributed by atoms with Crippen LogP contribution < -0.4 is 5.48 Å². The number of anilines is 1. The lowest BCUT2D eigenvalue weighted by atomic mass is 9.98. The van der Waals surface area contributed by atoms with Crippen LogP contribution in [0.2, 0.25) is 0 Å². The number of carbonyl (C=O) groups excluding carboxylic acids is 1. The first-order chi connectivity index (χ1) is 12.6. The van der Waals surface area contributed by atoms with Crippen molar-refractivity contribution in [2.24, 2.45) is 0 Å². The Morgan fingerprint density at radius 1 is 0.885 bits per heavy atom. The van der Waals surface area contributed by atoms with E-state index < -0.39 is 11.8 Å². The number of hydrogen-bond donors (Lipinski definition) is 2. The normalized spacial score (nSPS) is 10.3. The third-order valence-electron chi connectivity index (χ3n) is 3.72. The van der Waals surface area contributed by atoms with E-state index in [0.29, 0.717) is 4.90 Å². The maximum Gasteiger partial charge on any atom is 0.336 e. The summed E-state index contributed by atoms with van der Waals surface area (Å²) in [4.78, 5) is 25.7. The summed E-state index contributed by atoms with van der Waals surface area (Å²) in [5.41, 5.74) is 2.38. The van der Waals surface area contributed by atoms with Crippen molar-refractivity contribution < 1.29 is 14.7 Å². The van der Waals surface area contributed by atoms with Gasteiger partial charge in [0.25, 0.3) is 0 Å². The zero-order valence-electron chi connectivity index (χ0n) is 13.5. The molecule has 3 rings (SSSR count). The van der Waals surface area contributed by atoms with E-state index in [4.69, 9.17) is 0 Å². The first kappa shape index (κ1) is 17.7. The summed E-state index contributed by atoms with van der Waals surface area (Å²) in [5.74, 6) is -1.62. The summed E-state index contributed by atoms with van der Waals surface area (Å²) in [6, 6.07) is 20.2. The topological polar surface area (TPSA) is 89.5 Å². The van der Waals surface area contributed by atoms with Gasteiger partial charge >= 0.3 is 5.97 Å². The van der Waals surface area contributed by atoms with Crippen molar-refractivity contribution in [1.29, 1.82) is 0 Å². The van der Waals surface area contributed by atoms with Crippen LogP contribution in [0.1, 0.15) is 26.3 Å². The molecule has 26 heavy (non-hydrogen) atoms. The standard InChI is InChI=1S/C20H14NO4S/c22-19(15-8-4-5-9-16(15)20(23)24)13-10-11-18(17(12-13)21-25)26-14-6-2-1-3-7-14/h1-12,21H,(H,23,24)/q-1. The zero-order valence-corrected chi connectivity index (χ0v) is 14.3. The molecule has 0 amide bonds. The Bertz CT molecular complexity index is 957. The summed E-state index contributed by atoms with van der Waals surface area (Å²) < 4.78 is 0. The van der Waals surface area contributed by atoms with Crippen LogP contribution in [-0.2, 0) is 0 Å². The number of carboxylic acids is 1. The zero-order chi connectivity index (χ0) is 18.5. The summed E-state index contributed by atoms with van der Waals surface area (Å²) >= 11 is 1.40. The van der Waals surface area contributed by atoms with Gasteiger partial charge in [-0.3, -0.25) is 4.79 Å². The second-order valence-corrected chi connectivity index (χ2v) is 6.52. The molecule has 0 fully saturated rings. The maximum absolute atomic E-state index is 12.7. The van der Waals surface area contributed by atoms with Gasteiger partial charge in [-0.1, -0.05) is 48.2 Å². The predicted molar refractivity (Wildman–Crippen MR) is 101 cm³/mol. The molecule has 5 nitrogen and oxygen atoms in total. The van der Waals surface area contributed by atoms with Crippen LogP contribution in [0.4, 0.5) is 5.69 Å². The quantitative estimate of drug-likeness (QED) is 0.488. The van der Waals surface area contributed by atoms with Crippen molar-refractivity contribution in [3.63, 3.8) is 0 Å². The van der Waals surface area contributed by atoms with Crippen molar-refractivity contribution in [1.82, 2.24) is 0 Å². The van der Waals surface area contributed by atoms with E-state index in [2.05, 4.69) is 0 Å². The molecule has 0 saturated heterocycles. The molecular weight excluding hydrogens is 350 g/mol. The van der Waals surface area contributed by atoms with Crippen LogP contribution in [0.15, 0.2) is 82.6 Å². The first-order valence-corrected chi connectivity index (χ1v) is 8.54. The van der Waals surface area contributed by atoms with Gasteiger partial charge in [0.15, 0.2) is 5.78 Å². The molecular formula is C20H14NO4S-. The highest BCUT2D eigenvalue weighted by atomic mass is 32.2. The van der Waals surface area contributed by atoms with Gasteiger partial charge in [-0.15, -0.1) is 0 Å². The minimum absolute atomic E-state index is 0.0723. The molecule has 130 valence electrons. The smallest absolute Gasteiger partial charge is 0.336 e. The fraction of sp³-hybridized carbons (Fsp3) is 0. The molecule has 0 spiro atoms. The lowest BCUT2D eigenvalue weighted by Crippen LogP contribution is -2.09. The highest BCUT2D eigenvalue weighted by Gasteiger charge is 2.18. The van der Waals surface area contributed by atoms with E-state index in [1.807, 2.05) is 35.8 Å². The second-order valence-electron chi connectivity index (χ2n) is 5.41. The summed E-state index contributed by atoms with van der Waals surface area (Å²) in [7, 11) is 0. The van der Waals surface area contributed by atoms with Crippen LogP contribution in [0.3, 0.4) is 0 Å². The largest absolute Gasteiger partial charge is 0.761 e. The van der Waals surface area contributed by atoms with E-state index in [9.17, 15) is 19.9 Å². The Hall–Kier alpha value is -3.09. The molecule has 0 heterocycles. The van der Waals surface area contributed by atoms with Gasteiger partial charge < -0.3 is 15.8 Å². The molecule has 0 aliphatic rings. The molecule has 0 bridgehead atoms. The Labute approximate surface area is 154 Å².